The summed E-state index contributed by atoms with van der Waals surface area (Å²) in [6.07, 6.45) is 0. The molecule has 0 aliphatic heterocycles. The van der Waals surface area contributed by atoms with Crippen molar-refractivity contribution in [3.63, 3.8) is 0 Å². The van der Waals surface area contributed by atoms with E-state index in [9.17, 15) is 9.59 Å². The highest BCUT2D eigenvalue weighted by molar-refractivity contribution is 7.80. The molecular weight excluding hydrogens is 462 g/mol. The summed E-state index contributed by atoms with van der Waals surface area (Å²) in [7, 11) is 0. The Bertz CT molecular complexity index is 1250. The fraction of sp³-hybridized carbons (Fsp3) is 0.370. The molecule has 0 spiro atoms. The third-order valence-electron chi connectivity index (χ3n) is 5.51. The number of hydrogen-bond acceptors (Lipinski definition) is 5. The predicted octanol–water partition coefficient (Wildman–Crippen LogP) is 4.94. The number of carbonyl (C=O) groups is 1. The van der Waals surface area contributed by atoms with E-state index >= 15 is 0 Å². The number of H-pyrrole nitrogens is 1. The third-order valence-corrected chi connectivity index (χ3v) is 5.87. The van der Waals surface area contributed by atoms with Gasteiger partial charge in [-0.1, -0.05) is 25.5 Å². The van der Waals surface area contributed by atoms with Gasteiger partial charge in [-0.15, -0.1) is 0 Å². The molecule has 3 aromatic rings. The van der Waals surface area contributed by atoms with Gasteiger partial charge in [-0.2, -0.15) is 0 Å². The Morgan fingerprint density at radius 3 is 2.51 bits per heavy atom. The Morgan fingerprint density at radius 2 is 1.86 bits per heavy atom. The standard InChI is InChI=1S/C27H33N3O4S/c1-6-33-23-9-7-22(8-10-23)28-27(35)30(11-12-34-26(32)17(2)3)16-21-15-20-14-18(4)13-19(5)24(20)29-25(21)31/h7-10,13-15,17H,6,11-12,16H2,1-5H3,(H,28,35)(H,29,31). The molecule has 186 valence electrons. The SMILES string of the molecule is CCOc1ccc(NC(=S)N(CCOC(=O)C(C)C)Cc2cc3cc(C)cc(C)c3[nH]c2=O)cc1. The summed E-state index contributed by atoms with van der Waals surface area (Å²) in [6.45, 7) is 10.9. The van der Waals surface area contributed by atoms with E-state index in [1.54, 1.807) is 13.8 Å². The van der Waals surface area contributed by atoms with Crippen LogP contribution in [0.2, 0.25) is 0 Å². The average Bonchev–Trinajstić information content (AvgIpc) is 2.80. The van der Waals surface area contributed by atoms with Gasteiger partial charge in [0, 0.05) is 11.3 Å². The van der Waals surface area contributed by atoms with Crippen LogP contribution in [0.3, 0.4) is 0 Å². The number of rotatable bonds is 9. The van der Waals surface area contributed by atoms with Crippen LogP contribution in [0.5, 0.6) is 5.75 Å². The second kappa shape index (κ2) is 11.8. The van der Waals surface area contributed by atoms with Gasteiger partial charge in [0.05, 0.1) is 31.1 Å². The molecule has 35 heavy (non-hydrogen) atoms. The Hall–Kier alpha value is -3.39. The van der Waals surface area contributed by atoms with Crippen molar-refractivity contribution in [2.75, 3.05) is 25.1 Å². The van der Waals surface area contributed by atoms with Crippen LogP contribution >= 0.6 is 12.2 Å². The molecule has 2 aromatic carbocycles. The maximum Gasteiger partial charge on any atom is 0.308 e. The number of hydrogen-bond donors (Lipinski definition) is 2. The molecule has 0 fully saturated rings. The largest absolute Gasteiger partial charge is 0.494 e. The maximum atomic E-state index is 12.9. The first kappa shape index (κ1) is 26.2. The molecule has 2 N–H and O–H groups in total. The van der Waals surface area contributed by atoms with Gasteiger partial charge >= 0.3 is 5.97 Å². The molecule has 0 saturated carbocycles. The Labute approximate surface area is 211 Å². The van der Waals surface area contributed by atoms with Crippen molar-refractivity contribution in [3.05, 3.63) is 69.5 Å². The summed E-state index contributed by atoms with van der Waals surface area (Å²) >= 11 is 5.68. The molecule has 0 saturated heterocycles. The van der Waals surface area contributed by atoms with E-state index in [0.29, 0.717) is 23.8 Å². The van der Waals surface area contributed by atoms with Crippen LogP contribution < -0.4 is 15.6 Å². The summed E-state index contributed by atoms with van der Waals surface area (Å²) in [6, 6.07) is 13.5. The monoisotopic (exact) mass is 495 g/mol. The van der Waals surface area contributed by atoms with Gasteiger partial charge < -0.3 is 24.7 Å². The summed E-state index contributed by atoms with van der Waals surface area (Å²) in [5, 5.41) is 4.61. The number of anilines is 1. The molecular formula is C27H33N3O4S. The topological polar surface area (TPSA) is 83.7 Å². The van der Waals surface area contributed by atoms with E-state index in [0.717, 1.165) is 33.5 Å². The molecule has 0 aliphatic rings. The normalized spacial score (nSPS) is 10.9. The molecule has 0 amide bonds. The van der Waals surface area contributed by atoms with Crippen LogP contribution in [-0.2, 0) is 16.1 Å². The summed E-state index contributed by atoms with van der Waals surface area (Å²) < 4.78 is 10.9. The minimum atomic E-state index is -0.273. The van der Waals surface area contributed by atoms with Crippen molar-refractivity contribution in [1.82, 2.24) is 9.88 Å². The number of aryl methyl sites for hydroxylation is 2. The van der Waals surface area contributed by atoms with Gasteiger partial charge in [0.2, 0.25) is 0 Å². The number of pyridine rings is 1. The lowest BCUT2D eigenvalue weighted by Crippen LogP contribution is -2.38. The Kier molecular flexibility index (Phi) is 8.87. The smallest absolute Gasteiger partial charge is 0.308 e. The predicted molar refractivity (Wildman–Crippen MR) is 144 cm³/mol. The molecule has 3 rings (SSSR count). The van der Waals surface area contributed by atoms with Crippen molar-refractivity contribution in [2.45, 2.75) is 41.2 Å². The number of thiocarbonyl (C=S) groups is 1. The molecule has 1 heterocycles. The zero-order valence-electron chi connectivity index (χ0n) is 20.9. The fourth-order valence-electron chi connectivity index (χ4n) is 3.73. The average molecular weight is 496 g/mol. The van der Waals surface area contributed by atoms with Gasteiger partial charge in [-0.3, -0.25) is 9.59 Å². The minimum Gasteiger partial charge on any atom is -0.494 e. The highest BCUT2D eigenvalue weighted by Gasteiger charge is 2.16. The lowest BCUT2D eigenvalue weighted by atomic mass is 10.1. The maximum absolute atomic E-state index is 12.9. The zero-order chi connectivity index (χ0) is 25.5. The number of nitrogens with one attached hydrogen (secondary N) is 2. The molecule has 7 nitrogen and oxygen atoms in total. The van der Waals surface area contributed by atoms with Crippen molar-refractivity contribution in [2.24, 2.45) is 5.92 Å². The van der Waals surface area contributed by atoms with E-state index in [1.165, 1.54) is 0 Å². The molecule has 0 bridgehead atoms. The number of esters is 1. The number of nitrogens with zero attached hydrogens (tertiary/aromatic N) is 1. The van der Waals surface area contributed by atoms with Crippen molar-refractivity contribution < 1.29 is 14.3 Å². The summed E-state index contributed by atoms with van der Waals surface area (Å²) in [5.41, 5.74) is 4.18. The van der Waals surface area contributed by atoms with Crippen LogP contribution in [0, 0.1) is 19.8 Å². The second-order valence-electron chi connectivity index (χ2n) is 8.80. The van der Waals surface area contributed by atoms with Gasteiger partial charge in [0.1, 0.15) is 12.4 Å². The van der Waals surface area contributed by atoms with E-state index in [1.807, 2.05) is 68.1 Å². The summed E-state index contributed by atoms with van der Waals surface area (Å²) in [5.74, 6) is 0.284. The molecule has 8 heteroatoms. The van der Waals surface area contributed by atoms with Crippen LogP contribution in [0.15, 0.2) is 47.3 Å². The van der Waals surface area contributed by atoms with Crippen molar-refractivity contribution in [3.8, 4) is 5.75 Å². The minimum absolute atomic E-state index is 0.159. The molecule has 1 aromatic heterocycles. The van der Waals surface area contributed by atoms with E-state index in [4.69, 9.17) is 21.7 Å². The van der Waals surface area contributed by atoms with Crippen molar-refractivity contribution in [1.29, 1.82) is 0 Å². The highest BCUT2D eigenvalue weighted by Crippen LogP contribution is 2.20. The number of benzene rings is 2. The lowest BCUT2D eigenvalue weighted by Gasteiger charge is -2.26. The first-order valence-corrected chi connectivity index (χ1v) is 12.2. The Morgan fingerprint density at radius 1 is 1.14 bits per heavy atom. The lowest BCUT2D eigenvalue weighted by molar-refractivity contribution is -0.147. The first-order valence-electron chi connectivity index (χ1n) is 11.8. The zero-order valence-corrected chi connectivity index (χ0v) is 21.8. The van der Waals surface area contributed by atoms with E-state index < -0.39 is 0 Å². The van der Waals surface area contributed by atoms with E-state index in [2.05, 4.69) is 10.3 Å². The van der Waals surface area contributed by atoms with Crippen LogP contribution in [-0.4, -0.2) is 40.7 Å². The molecule has 0 radical (unpaired) electrons. The second-order valence-corrected chi connectivity index (χ2v) is 9.19. The van der Waals surface area contributed by atoms with Crippen LogP contribution in [0.4, 0.5) is 5.69 Å². The Balaban J connectivity index is 1.83. The molecule has 0 atom stereocenters. The van der Waals surface area contributed by atoms with Crippen LogP contribution in [0.1, 0.15) is 37.5 Å². The van der Waals surface area contributed by atoms with Crippen molar-refractivity contribution >= 4 is 39.9 Å². The van der Waals surface area contributed by atoms with Gasteiger partial charge in [-0.25, -0.2) is 0 Å². The first-order chi connectivity index (χ1) is 16.7. The van der Waals surface area contributed by atoms with Gasteiger partial charge in [0.15, 0.2) is 5.11 Å². The van der Waals surface area contributed by atoms with E-state index in [-0.39, 0.29) is 30.6 Å². The number of aromatic amines is 1. The number of carbonyl (C=O) groups excluding carboxylic acids is 1. The third kappa shape index (κ3) is 7.05. The van der Waals surface area contributed by atoms with Gasteiger partial charge in [-0.05, 0) is 80.3 Å². The fourth-order valence-corrected chi connectivity index (χ4v) is 4.01. The van der Waals surface area contributed by atoms with Crippen LogP contribution in [0.25, 0.3) is 10.9 Å². The number of aromatic nitrogens is 1. The number of fused-ring (bicyclic) bond motifs is 1. The van der Waals surface area contributed by atoms with Gasteiger partial charge in [0.25, 0.3) is 5.56 Å². The quantitative estimate of drug-likeness (QED) is 0.321. The highest BCUT2D eigenvalue weighted by atomic mass is 32.1. The molecule has 0 unspecified atom stereocenters. The summed E-state index contributed by atoms with van der Waals surface area (Å²) in [4.78, 5) is 29.7. The molecule has 0 aliphatic carbocycles. The number of ether oxygens (including phenoxy) is 2.